The van der Waals surface area contributed by atoms with E-state index < -0.39 is 0 Å². The molecule has 0 saturated heterocycles. The van der Waals surface area contributed by atoms with Crippen molar-refractivity contribution >= 4 is 33.5 Å². The Hall–Kier alpha value is -1.72. The van der Waals surface area contributed by atoms with Crippen LogP contribution in [0.5, 0.6) is 0 Å². The molecule has 2 aromatic carbocycles. The molecule has 0 aliphatic carbocycles. The van der Waals surface area contributed by atoms with Gasteiger partial charge in [0.05, 0.1) is 11.4 Å². The van der Waals surface area contributed by atoms with Crippen LogP contribution in [0.4, 0.5) is 5.82 Å². The molecule has 1 aromatic heterocycles. The number of fused-ring (bicyclic) bond motifs is 1. The molecule has 3 aromatic rings. The van der Waals surface area contributed by atoms with Crippen LogP contribution in [0.25, 0.3) is 16.9 Å². The molecular weight excluding hydrogens is 370 g/mol. The summed E-state index contributed by atoms with van der Waals surface area (Å²) in [5.41, 5.74) is 4.70. The molecule has 1 aliphatic heterocycles. The van der Waals surface area contributed by atoms with Crippen molar-refractivity contribution in [2.75, 3.05) is 18.1 Å². The fourth-order valence-electron chi connectivity index (χ4n) is 3.00. The Kier molecular flexibility index (Phi) is 3.91. The standard InChI is InChI=1S/C18H16BrN3S/c1-23-16-5-3-2-4-14(16)17-15-10-11-20-18(15)22(21-17)13-8-6-12(19)7-9-13/h2-9,20H,10-11H2,1H3. The number of anilines is 1. The molecule has 0 bridgehead atoms. The molecule has 0 spiro atoms. The van der Waals surface area contributed by atoms with Gasteiger partial charge < -0.3 is 5.32 Å². The molecule has 0 saturated carbocycles. The van der Waals surface area contributed by atoms with Gasteiger partial charge in [-0.25, -0.2) is 4.68 Å². The van der Waals surface area contributed by atoms with Gasteiger partial charge in [0.25, 0.3) is 0 Å². The number of benzene rings is 2. The number of halogens is 1. The molecule has 2 heterocycles. The lowest BCUT2D eigenvalue weighted by molar-refractivity contribution is 0.881. The van der Waals surface area contributed by atoms with Gasteiger partial charge in [0.2, 0.25) is 0 Å². The van der Waals surface area contributed by atoms with E-state index in [0.29, 0.717) is 0 Å². The van der Waals surface area contributed by atoms with Crippen molar-refractivity contribution in [2.24, 2.45) is 0 Å². The molecule has 0 amide bonds. The lowest BCUT2D eigenvalue weighted by Crippen LogP contribution is -2.04. The van der Waals surface area contributed by atoms with Crippen molar-refractivity contribution in [2.45, 2.75) is 11.3 Å². The van der Waals surface area contributed by atoms with Crippen molar-refractivity contribution < 1.29 is 0 Å². The van der Waals surface area contributed by atoms with E-state index in [9.17, 15) is 0 Å². The molecule has 5 heteroatoms. The van der Waals surface area contributed by atoms with E-state index in [2.05, 4.69) is 63.9 Å². The molecule has 4 rings (SSSR count). The van der Waals surface area contributed by atoms with Crippen molar-refractivity contribution in [3.8, 4) is 16.9 Å². The Morgan fingerprint density at radius 2 is 1.91 bits per heavy atom. The van der Waals surface area contributed by atoms with Crippen LogP contribution in [0, 0.1) is 0 Å². The lowest BCUT2D eigenvalue weighted by atomic mass is 10.1. The van der Waals surface area contributed by atoms with Crippen molar-refractivity contribution in [3.05, 3.63) is 58.6 Å². The van der Waals surface area contributed by atoms with E-state index in [1.54, 1.807) is 11.8 Å². The van der Waals surface area contributed by atoms with E-state index in [0.717, 1.165) is 34.6 Å². The topological polar surface area (TPSA) is 29.9 Å². The maximum atomic E-state index is 4.94. The average molecular weight is 386 g/mol. The number of hydrogen-bond acceptors (Lipinski definition) is 3. The number of aromatic nitrogens is 2. The monoisotopic (exact) mass is 385 g/mol. The summed E-state index contributed by atoms with van der Waals surface area (Å²) >= 11 is 5.26. The van der Waals surface area contributed by atoms with Crippen LogP contribution in [-0.2, 0) is 6.42 Å². The summed E-state index contributed by atoms with van der Waals surface area (Å²) < 4.78 is 3.10. The Balaban J connectivity index is 1.90. The molecule has 0 unspecified atom stereocenters. The van der Waals surface area contributed by atoms with Crippen LogP contribution in [0.3, 0.4) is 0 Å². The second kappa shape index (κ2) is 6.06. The highest BCUT2D eigenvalue weighted by Gasteiger charge is 2.24. The second-order valence-electron chi connectivity index (χ2n) is 5.44. The SMILES string of the molecule is CSc1ccccc1-c1nn(-c2ccc(Br)cc2)c2c1CCN2. The van der Waals surface area contributed by atoms with Crippen LogP contribution in [0.2, 0.25) is 0 Å². The number of hydrogen-bond donors (Lipinski definition) is 1. The molecule has 23 heavy (non-hydrogen) atoms. The second-order valence-corrected chi connectivity index (χ2v) is 7.20. The van der Waals surface area contributed by atoms with Gasteiger partial charge in [-0.05, 0) is 43.0 Å². The Bertz CT molecular complexity index is 855. The van der Waals surface area contributed by atoms with Crippen LogP contribution >= 0.6 is 27.7 Å². The van der Waals surface area contributed by atoms with Crippen molar-refractivity contribution in [3.63, 3.8) is 0 Å². The van der Waals surface area contributed by atoms with Crippen molar-refractivity contribution in [1.29, 1.82) is 0 Å². The quantitative estimate of drug-likeness (QED) is 0.643. The van der Waals surface area contributed by atoms with E-state index in [1.807, 2.05) is 16.8 Å². The molecule has 1 N–H and O–H groups in total. The van der Waals surface area contributed by atoms with E-state index in [1.165, 1.54) is 16.0 Å². The minimum absolute atomic E-state index is 0.970. The molecule has 0 fully saturated rings. The zero-order valence-corrected chi connectivity index (χ0v) is 15.1. The zero-order valence-electron chi connectivity index (χ0n) is 12.7. The third kappa shape index (κ3) is 2.58. The predicted octanol–water partition coefficient (Wildman–Crippen LogP) is 4.99. The van der Waals surface area contributed by atoms with Crippen LogP contribution in [0.15, 0.2) is 57.9 Å². The van der Waals surface area contributed by atoms with Crippen LogP contribution < -0.4 is 5.32 Å². The van der Waals surface area contributed by atoms with Gasteiger partial charge in [0, 0.05) is 27.0 Å². The summed E-state index contributed by atoms with van der Waals surface area (Å²) in [7, 11) is 0. The third-order valence-corrected chi connectivity index (χ3v) is 5.41. The number of rotatable bonds is 3. The Labute approximate surface area is 148 Å². The van der Waals surface area contributed by atoms with E-state index >= 15 is 0 Å². The smallest absolute Gasteiger partial charge is 0.133 e. The Morgan fingerprint density at radius 1 is 1.13 bits per heavy atom. The summed E-state index contributed by atoms with van der Waals surface area (Å²) in [6.45, 7) is 0.970. The summed E-state index contributed by atoms with van der Waals surface area (Å²) in [5, 5.41) is 8.43. The predicted molar refractivity (Wildman–Crippen MR) is 101 cm³/mol. The summed E-state index contributed by atoms with van der Waals surface area (Å²) in [6, 6.07) is 16.8. The Morgan fingerprint density at radius 3 is 2.70 bits per heavy atom. The van der Waals surface area contributed by atoms with Gasteiger partial charge in [-0.3, -0.25) is 0 Å². The molecule has 3 nitrogen and oxygen atoms in total. The average Bonchev–Trinajstić information content (AvgIpc) is 3.18. The molecule has 0 radical (unpaired) electrons. The summed E-state index contributed by atoms with van der Waals surface area (Å²) in [5.74, 6) is 1.12. The minimum atomic E-state index is 0.970. The summed E-state index contributed by atoms with van der Waals surface area (Å²) in [4.78, 5) is 1.27. The fourth-order valence-corrected chi connectivity index (χ4v) is 3.86. The van der Waals surface area contributed by atoms with Crippen LogP contribution in [-0.4, -0.2) is 22.6 Å². The van der Waals surface area contributed by atoms with Gasteiger partial charge in [-0.2, -0.15) is 5.10 Å². The molecule has 1 aliphatic rings. The third-order valence-electron chi connectivity index (χ3n) is 4.08. The first-order chi connectivity index (χ1) is 11.3. The maximum Gasteiger partial charge on any atom is 0.133 e. The van der Waals surface area contributed by atoms with Gasteiger partial charge in [0.15, 0.2) is 0 Å². The molecule has 116 valence electrons. The van der Waals surface area contributed by atoms with Gasteiger partial charge in [-0.1, -0.05) is 34.1 Å². The number of nitrogens with one attached hydrogen (secondary N) is 1. The fraction of sp³-hybridized carbons (Fsp3) is 0.167. The van der Waals surface area contributed by atoms with E-state index in [-0.39, 0.29) is 0 Å². The number of nitrogens with zero attached hydrogens (tertiary/aromatic N) is 2. The van der Waals surface area contributed by atoms with Crippen LogP contribution in [0.1, 0.15) is 5.56 Å². The van der Waals surface area contributed by atoms with Crippen molar-refractivity contribution in [1.82, 2.24) is 9.78 Å². The normalized spacial score (nSPS) is 13.0. The largest absolute Gasteiger partial charge is 0.369 e. The first-order valence-corrected chi connectivity index (χ1v) is 9.55. The first kappa shape index (κ1) is 14.8. The van der Waals surface area contributed by atoms with Gasteiger partial charge >= 0.3 is 0 Å². The highest BCUT2D eigenvalue weighted by atomic mass is 79.9. The van der Waals surface area contributed by atoms with Gasteiger partial charge in [-0.15, -0.1) is 11.8 Å². The lowest BCUT2D eigenvalue weighted by Gasteiger charge is -2.07. The highest BCUT2D eigenvalue weighted by Crippen LogP contribution is 2.38. The maximum absolute atomic E-state index is 4.94. The highest BCUT2D eigenvalue weighted by molar-refractivity contribution is 9.10. The summed E-state index contributed by atoms with van der Waals surface area (Å²) in [6.07, 6.45) is 3.13. The minimum Gasteiger partial charge on any atom is -0.369 e. The number of thioether (sulfide) groups is 1. The first-order valence-electron chi connectivity index (χ1n) is 7.53. The van der Waals surface area contributed by atoms with E-state index in [4.69, 9.17) is 5.10 Å². The molecule has 0 atom stereocenters. The zero-order chi connectivity index (χ0) is 15.8. The van der Waals surface area contributed by atoms with Gasteiger partial charge in [0.1, 0.15) is 5.82 Å². The molecular formula is C18H16BrN3S.